The summed E-state index contributed by atoms with van der Waals surface area (Å²) in [6.45, 7) is 0.728. The van der Waals surface area contributed by atoms with Gasteiger partial charge in [-0.1, -0.05) is 35.0 Å². The second kappa shape index (κ2) is 8.23. The fourth-order valence-corrected chi connectivity index (χ4v) is 3.53. The maximum absolute atomic E-state index is 14.3. The molecule has 0 aliphatic carbocycles. The average Bonchev–Trinajstić information content (AvgIpc) is 3.46. The number of halogens is 2. The van der Waals surface area contributed by atoms with Gasteiger partial charge in [0.2, 0.25) is 0 Å². The number of nitrogens with zero attached hydrogens (tertiary/aromatic N) is 6. The number of hydrogen-bond acceptors (Lipinski definition) is 6. The van der Waals surface area contributed by atoms with Gasteiger partial charge in [0.05, 0.1) is 17.9 Å². The van der Waals surface area contributed by atoms with Crippen LogP contribution in [-0.2, 0) is 11.4 Å². The zero-order valence-corrected chi connectivity index (χ0v) is 17.0. The fourth-order valence-electron chi connectivity index (χ4n) is 3.35. The third kappa shape index (κ3) is 4.02. The van der Waals surface area contributed by atoms with Crippen LogP contribution in [0.4, 0.5) is 4.39 Å². The highest BCUT2D eigenvalue weighted by Gasteiger charge is 2.21. The van der Waals surface area contributed by atoms with Crippen molar-refractivity contribution in [3.8, 4) is 22.8 Å². The summed E-state index contributed by atoms with van der Waals surface area (Å²) >= 11 is 6.27. The highest BCUT2D eigenvalue weighted by molar-refractivity contribution is 6.29. The van der Waals surface area contributed by atoms with E-state index in [1.807, 2.05) is 18.2 Å². The van der Waals surface area contributed by atoms with E-state index in [2.05, 4.69) is 25.2 Å². The Hall–Kier alpha value is -3.65. The zero-order chi connectivity index (χ0) is 21.2. The van der Waals surface area contributed by atoms with Gasteiger partial charge in [0.25, 0.3) is 0 Å². The fraction of sp³-hybridized carbons (Fsp3) is 0.136. The molecule has 0 bridgehead atoms. The molecule has 4 aromatic rings. The van der Waals surface area contributed by atoms with Crippen molar-refractivity contribution in [2.75, 3.05) is 6.61 Å². The molecule has 0 radical (unpaired) electrons. The summed E-state index contributed by atoms with van der Waals surface area (Å²) in [6.07, 6.45) is 4.03. The molecule has 4 heterocycles. The van der Waals surface area contributed by atoms with Gasteiger partial charge in [0, 0.05) is 36.0 Å². The smallest absolute Gasteiger partial charge is 0.182 e. The van der Waals surface area contributed by atoms with E-state index in [1.165, 1.54) is 6.07 Å². The summed E-state index contributed by atoms with van der Waals surface area (Å²) in [5.41, 5.74) is 3.93. The van der Waals surface area contributed by atoms with Gasteiger partial charge in [-0.3, -0.25) is 9.67 Å². The summed E-state index contributed by atoms with van der Waals surface area (Å²) in [6, 6.07) is 13.8. The number of pyridine rings is 1. The monoisotopic (exact) mass is 434 g/mol. The quantitative estimate of drug-likeness (QED) is 0.436. The molecule has 31 heavy (non-hydrogen) atoms. The molecule has 0 saturated carbocycles. The molecule has 0 fully saturated rings. The number of benzene rings is 1. The van der Waals surface area contributed by atoms with E-state index in [0.717, 1.165) is 17.0 Å². The van der Waals surface area contributed by atoms with Crippen molar-refractivity contribution in [2.24, 2.45) is 5.16 Å². The van der Waals surface area contributed by atoms with Crippen molar-refractivity contribution in [3.05, 3.63) is 83.2 Å². The van der Waals surface area contributed by atoms with E-state index in [9.17, 15) is 4.39 Å². The predicted octanol–water partition coefficient (Wildman–Crippen LogP) is 4.37. The van der Waals surface area contributed by atoms with E-state index in [4.69, 9.17) is 16.4 Å². The minimum absolute atomic E-state index is 0.233. The average molecular weight is 435 g/mol. The molecule has 5 rings (SSSR count). The first-order chi connectivity index (χ1) is 15.2. The largest absolute Gasteiger partial charge is 0.395 e. The molecule has 1 aliphatic heterocycles. The van der Waals surface area contributed by atoms with E-state index in [0.29, 0.717) is 35.8 Å². The normalized spacial score (nSPS) is 13.2. The molecule has 154 valence electrons. The molecule has 0 spiro atoms. The lowest BCUT2D eigenvalue weighted by molar-refractivity contribution is 0.174. The Kier molecular flexibility index (Phi) is 5.13. The van der Waals surface area contributed by atoms with Crippen molar-refractivity contribution in [1.29, 1.82) is 0 Å². The van der Waals surface area contributed by atoms with Crippen LogP contribution < -0.4 is 0 Å². The molecule has 0 amide bonds. The number of oxime groups is 1. The van der Waals surface area contributed by atoms with E-state index >= 15 is 0 Å². The first-order valence-corrected chi connectivity index (χ1v) is 10.0. The summed E-state index contributed by atoms with van der Waals surface area (Å²) in [5.74, 6) is 0.0624. The van der Waals surface area contributed by atoms with Crippen molar-refractivity contribution in [3.63, 3.8) is 0 Å². The van der Waals surface area contributed by atoms with Crippen molar-refractivity contribution in [2.45, 2.75) is 13.0 Å². The number of rotatable bonds is 5. The summed E-state index contributed by atoms with van der Waals surface area (Å²) in [7, 11) is 0. The lowest BCUT2D eigenvalue weighted by Crippen LogP contribution is -2.12. The van der Waals surface area contributed by atoms with Crippen LogP contribution in [0.25, 0.3) is 22.8 Å². The van der Waals surface area contributed by atoms with Gasteiger partial charge in [-0.2, -0.15) is 5.10 Å². The molecule has 9 heteroatoms. The van der Waals surface area contributed by atoms with Crippen LogP contribution in [0.15, 0.2) is 66.1 Å². The van der Waals surface area contributed by atoms with Crippen LogP contribution in [0.5, 0.6) is 0 Å². The third-order valence-electron chi connectivity index (χ3n) is 4.84. The molecule has 3 aromatic heterocycles. The van der Waals surface area contributed by atoms with Crippen molar-refractivity contribution in [1.82, 2.24) is 24.7 Å². The first-order valence-electron chi connectivity index (χ1n) is 9.63. The van der Waals surface area contributed by atoms with Gasteiger partial charge in [0.1, 0.15) is 29.0 Å². The molecule has 0 saturated heterocycles. The van der Waals surface area contributed by atoms with Gasteiger partial charge in [-0.25, -0.2) is 14.4 Å². The molecule has 1 aromatic carbocycles. The Morgan fingerprint density at radius 1 is 1.06 bits per heavy atom. The minimum Gasteiger partial charge on any atom is -0.395 e. The van der Waals surface area contributed by atoms with Crippen molar-refractivity contribution >= 4 is 17.3 Å². The maximum atomic E-state index is 14.3. The van der Waals surface area contributed by atoms with Crippen LogP contribution in [0.1, 0.15) is 17.7 Å². The number of aromatic nitrogens is 5. The molecule has 0 atom stereocenters. The van der Waals surface area contributed by atoms with Gasteiger partial charge in [-0.05, 0) is 24.3 Å². The molecular formula is C22H16ClFN6O. The van der Waals surface area contributed by atoms with Gasteiger partial charge >= 0.3 is 0 Å². The SMILES string of the molecule is Fc1ccccc1Cn1nc(-c2nc(Cl)cc(-c3cccnc3)n2)cc1C1=NOCC1. The topological polar surface area (TPSA) is 78.1 Å². The Balaban J connectivity index is 1.59. The second-order valence-corrected chi connectivity index (χ2v) is 7.31. The van der Waals surface area contributed by atoms with Crippen LogP contribution in [0, 0.1) is 5.82 Å². The van der Waals surface area contributed by atoms with E-state index in [1.54, 1.807) is 41.3 Å². The molecule has 0 unspecified atom stereocenters. The Morgan fingerprint density at radius 3 is 2.74 bits per heavy atom. The van der Waals surface area contributed by atoms with Crippen LogP contribution in [0.2, 0.25) is 5.15 Å². The molecule has 7 nitrogen and oxygen atoms in total. The molecule has 0 N–H and O–H groups in total. The second-order valence-electron chi connectivity index (χ2n) is 6.93. The summed E-state index contributed by atoms with van der Waals surface area (Å²) < 4.78 is 16.0. The molecule has 1 aliphatic rings. The van der Waals surface area contributed by atoms with E-state index < -0.39 is 0 Å². The lowest BCUT2D eigenvalue weighted by Gasteiger charge is -2.07. The predicted molar refractivity (Wildman–Crippen MR) is 114 cm³/mol. The lowest BCUT2D eigenvalue weighted by atomic mass is 10.1. The Bertz CT molecular complexity index is 1270. The van der Waals surface area contributed by atoms with Crippen molar-refractivity contribution < 1.29 is 9.23 Å². The van der Waals surface area contributed by atoms with E-state index in [-0.39, 0.29) is 17.5 Å². The Labute approximate surface area is 182 Å². The molecular weight excluding hydrogens is 419 g/mol. The highest BCUT2D eigenvalue weighted by atomic mass is 35.5. The van der Waals surface area contributed by atoms with Gasteiger partial charge < -0.3 is 4.84 Å². The highest BCUT2D eigenvalue weighted by Crippen LogP contribution is 2.25. The van der Waals surface area contributed by atoms with Crippen LogP contribution in [0.3, 0.4) is 0 Å². The Morgan fingerprint density at radius 2 is 1.97 bits per heavy atom. The minimum atomic E-state index is -0.298. The maximum Gasteiger partial charge on any atom is 0.182 e. The van der Waals surface area contributed by atoms with Crippen LogP contribution >= 0.6 is 11.6 Å². The van der Waals surface area contributed by atoms with Gasteiger partial charge in [0.15, 0.2) is 5.82 Å². The third-order valence-corrected chi connectivity index (χ3v) is 5.03. The zero-order valence-electron chi connectivity index (χ0n) is 16.2. The summed E-state index contributed by atoms with van der Waals surface area (Å²) in [4.78, 5) is 18.3. The van der Waals surface area contributed by atoms with Gasteiger partial charge in [-0.15, -0.1) is 0 Å². The summed E-state index contributed by atoms with van der Waals surface area (Å²) in [5, 5.41) is 9.05. The van der Waals surface area contributed by atoms with Crippen LogP contribution in [-0.4, -0.2) is 37.1 Å². The standard InChI is InChI=1S/C22H16ClFN6O/c23-21-11-18(14-5-3-8-25-12-14)26-22(27-21)19-10-20(17-7-9-31-29-17)30(28-19)13-15-4-1-2-6-16(15)24/h1-6,8,10-12H,7,9,13H2. The number of hydrogen-bond donors (Lipinski definition) is 0. The first kappa shape index (κ1) is 19.3.